The van der Waals surface area contributed by atoms with E-state index in [0.717, 1.165) is 5.06 Å². The van der Waals surface area contributed by atoms with Crippen LogP contribution < -0.4 is 15.5 Å². The quantitative estimate of drug-likeness (QED) is 0.830. The molecule has 2 N–H and O–H groups in total. The summed E-state index contributed by atoms with van der Waals surface area (Å²) in [7, 11) is 1.45. The van der Waals surface area contributed by atoms with Gasteiger partial charge in [-0.2, -0.15) is 5.06 Å². The minimum atomic E-state index is -0.676. The maximum absolute atomic E-state index is 12.8. The Morgan fingerprint density at radius 1 is 1.09 bits per heavy atom. The highest BCUT2D eigenvalue weighted by Gasteiger charge is 2.26. The molecule has 0 aliphatic rings. The number of hydrogen-bond acceptors (Lipinski definition) is 4. The summed E-state index contributed by atoms with van der Waals surface area (Å²) in [5, 5.41) is 1.05. The minimum absolute atomic E-state index is 0.141. The molecule has 120 valence electrons. The molecule has 2 rings (SSSR count). The first kappa shape index (κ1) is 16.5. The summed E-state index contributed by atoms with van der Waals surface area (Å²) in [6.45, 7) is 1.97. The molecule has 2 amide bonds. The molecule has 0 atom stereocenters. The Balaban J connectivity index is 2.58. The first-order chi connectivity index (χ1) is 11.1. The third kappa shape index (κ3) is 3.49. The van der Waals surface area contributed by atoms with E-state index in [2.05, 4.69) is 0 Å². The monoisotopic (exact) mass is 314 g/mol. The maximum Gasteiger partial charge on any atom is 0.282 e. The Hall–Kier alpha value is -2.86. The predicted octanol–water partition coefficient (Wildman–Crippen LogP) is 2.39. The lowest BCUT2D eigenvalue weighted by atomic mass is 10.1. The maximum atomic E-state index is 12.8. The van der Waals surface area contributed by atoms with Gasteiger partial charge >= 0.3 is 0 Å². The predicted molar refractivity (Wildman–Crippen MR) is 86.4 cm³/mol. The van der Waals surface area contributed by atoms with Gasteiger partial charge < -0.3 is 10.5 Å². The van der Waals surface area contributed by atoms with Crippen molar-refractivity contribution in [1.82, 2.24) is 0 Å². The largest absolute Gasteiger partial charge is 0.494 e. The molecule has 0 bridgehead atoms. The van der Waals surface area contributed by atoms with Gasteiger partial charge in [-0.15, -0.1) is 0 Å². The number of nitrogens with two attached hydrogens (primary N) is 1. The second kappa shape index (κ2) is 7.42. The molecule has 0 aromatic heterocycles. The molecule has 0 saturated carbocycles. The molecule has 0 heterocycles. The smallest absolute Gasteiger partial charge is 0.282 e. The Labute approximate surface area is 134 Å². The van der Waals surface area contributed by atoms with Crippen LogP contribution in [0.4, 0.5) is 5.69 Å². The van der Waals surface area contributed by atoms with Gasteiger partial charge in [0.25, 0.3) is 11.8 Å². The molecule has 0 aliphatic carbocycles. The number of hydroxylamine groups is 1. The number of amides is 2. The average molecular weight is 314 g/mol. The van der Waals surface area contributed by atoms with E-state index >= 15 is 0 Å². The van der Waals surface area contributed by atoms with Crippen LogP contribution in [0, 0.1) is 0 Å². The molecular formula is C17H18N2O4. The molecule has 0 fully saturated rings. The van der Waals surface area contributed by atoms with Crippen LogP contribution in [-0.2, 0) is 4.84 Å². The van der Waals surface area contributed by atoms with Crippen molar-refractivity contribution in [2.24, 2.45) is 5.73 Å². The van der Waals surface area contributed by atoms with Crippen LogP contribution in [0.2, 0.25) is 0 Å². The van der Waals surface area contributed by atoms with Crippen LogP contribution in [-0.4, -0.2) is 25.5 Å². The van der Waals surface area contributed by atoms with Crippen LogP contribution in [0.15, 0.2) is 48.5 Å². The number of primary amides is 1. The first-order valence-electron chi connectivity index (χ1n) is 7.09. The normalized spacial score (nSPS) is 10.2. The summed E-state index contributed by atoms with van der Waals surface area (Å²) in [6, 6.07) is 13.4. The van der Waals surface area contributed by atoms with Crippen molar-refractivity contribution in [3.05, 3.63) is 59.7 Å². The first-order valence-corrected chi connectivity index (χ1v) is 7.09. The SMILES string of the molecule is CCON(C(=O)c1ccccc1)c1c(OC)cccc1C(N)=O. The number of para-hydroxylation sites is 1. The van der Waals surface area contributed by atoms with Gasteiger partial charge in [-0.05, 0) is 31.2 Å². The molecule has 2 aromatic rings. The number of rotatable bonds is 6. The van der Waals surface area contributed by atoms with Crippen molar-refractivity contribution in [2.75, 3.05) is 18.8 Å². The molecule has 0 aliphatic heterocycles. The van der Waals surface area contributed by atoms with Gasteiger partial charge in [0, 0.05) is 5.56 Å². The van der Waals surface area contributed by atoms with Crippen molar-refractivity contribution in [1.29, 1.82) is 0 Å². The number of benzene rings is 2. The lowest BCUT2D eigenvalue weighted by molar-refractivity contribution is 0.0673. The van der Waals surface area contributed by atoms with Crippen molar-refractivity contribution in [2.45, 2.75) is 6.92 Å². The summed E-state index contributed by atoms with van der Waals surface area (Å²) < 4.78 is 5.27. The van der Waals surface area contributed by atoms with Gasteiger partial charge in [-0.25, -0.2) is 0 Å². The fourth-order valence-corrected chi connectivity index (χ4v) is 2.15. The van der Waals surface area contributed by atoms with Crippen LogP contribution in [0.25, 0.3) is 0 Å². The van der Waals surface area contributed by atoms with Crippen LogP contribution in [0.5, 0.6) is 5.75 Å². The van der Waals surface area contributed by atoms with E-state index in [-0.39, 0.29) is 17.9 Å². The van der Waals surface area contributed by atoms with E-state index in [1.165, 1.54) is 13.2 Å². The minimum Gasteiger partial charge on any atom is -0.494 e. The molecule has 6 heteroatoms. The second-order valence-corrected chi connectivity index (χ2v) is 4.60. The third-order valence-corrected chi connectivity index (χ3v) is 3.15. The lowest BCUT2D eigenvalue weighted by Crippen LogP contribution is -2.33. The second-order valence-electron chi connectivity index (χ2n) is 4.60. The molecule has 6 nitrogen and oxygen atoms in total. The summed E-state index contributed by atoms with van der Waals surface area (Å²) in [5.74, 6) is -0.775. The Kier molecular flexibility index (Phi) is 5.32. The zero-order valence-corrected chi connectivity index (χ0v) is 13.0. The highest BCUT2D eigenvalue weighted by atomic mass is 16.7. The molecule has 0 spiro atoms. The Bertz CT molecular complexity index is 701. The lowest BCUT2D eigenvalue weighted by Gasteiger charge is -2.24. The van der Waals surface area contributed by atoms with E-state index in [9.17, 15) is 9.59 Å². The highest BCUT2D eigenvalue weighted by molar-refractivity contribution is 6.10. The van der Waals surface area contributed by atoms with Crippen LogP contribution >= 0.6 is 0 Å². The van der Waals surface area contributed by atoms with Gasteiger partial charge in [0.15, 0.2) is 0 Å². The molecule has 0 unspecified atom stereocenters. The van der Waals surface area contributed by atoms with E-state index in [1.807, 2.05) is 0 Å². The van der Waals surface area contributed by atoms with Gasteiger partial charge in [0.05, 0.1) is 19.3 Å². The van der Waals surface area contributed by atoms with Gasteiger partial charge in [-0.3, -0.25) is 14.4 Å². The Morgan fingerprint density at radius 2 is 1.78 bits per heavy atom. The number of ether oxygens (including phenoxy) is 1. The van der Waals surface area contributed by atoms with E-state index in [4.69, 9.17) is 15.3 Å². The number of carbonyl (C=O) groups is 2. The van der Waals surface area contributed by atoms with Crippen LogP contribution in [0.1, 0.15) is 27.6 Å². The Morgan fingerprint density at radius 3 is 2.35 bits per heavy atom. The fourth-order valence-electron chi connectivity index (χ4n) is 2.15. The summed E-state index contributed by atoms with van der Waals surface area (Å²) in [6.07, 6.45) is 0. The van der Waals surface area contributed by atoms with Gasteiger partial charge in [0.1, 0.15) is 11.4 Å². The number of methoxy groups -OCH3 is 1. The summed E-state index contributed by atoms with van der Waals surface area (Å²) >= 11 is 0. The zero-order chi connectivity index (χ0) is 16.8. The number of anilines is 1. The third-order valence-electron chi connectivity index (χ3n) is 3.15. The van der Waals surface area contributed by atoms with Crippen molar-refractivity contribution < 1.29 is 19.2 Å². The van der Waals surface area contributed by atoms with E-state index in [0.29, 0.717) is 11.3 Å². The molecule has 23 heavy (non-hydrogen) atoms. The zero-order valence-electron chi connectivity index (χ0n) is 13.0. The number of hydrogen-bond donors (Lipinski definition) is 1. The van der Waals surface area contributed by atoms with E-state index < -0.39 is 11.8 Å². The average Bonchev–Trinajstić information content (AvgIpc) is 2.59. The topological polar surface area (TPSA) is 81.9 Å². The highest BCUT2D eigenvalue weighted by Crippen LogP contribution is 2.33. The van der Waals surface area contributed by atoms with Gasteiger partial charge in [0.2, 0.25) is 0 Å². The van der Waals surface area contributed by atoms with Crippen LogP contribution in [0.3, 0.4) is 0 Å². The van der Waals surface area contributed by atoms with Gasteiger partial charge in [-0.1, -0.05) is 24.3 Å². The molecule has 0 radical (unpaired) electrons. The standard InChI is InChI=1S/C17H18N2O4/c1-3-23-19(17(21)12-8-5-4-6-9-12)15-13(16(18)20)10-7-11-14(15)22-2/h4-11H,3H2,1-2H3,(H2,18,20). The molecular weight excluding hydrogens is 296 g/mol. The number of nitrogens with zero attached hydrogens (tertiary/aromatic N) is 1. The van der Waals surface area contributed by atoms with Crippen molar-refractivity contribution >= 4 is 17.5 Å². The summed E-state index contributed by atoms with van der Waals surface area (Å²) in [5.41, 5.74) is 6.18. The van der Waals surface area contributed by atoms with Crippen molar-refractivity contribution in [3.8, 4) is 5.75 Å². The number of carbonyl (C=O) groups excluding carboxylic acids is 2. The van der Waals surface area contributed by atoms with E-state index in [1.54, 1.807) is 49.4 Å². The fraction of sp³-hybridized carbons (Fsp3) is 0.176. The molecule has 0 saturated heterocycles. The molecule has 2 aromatic carbocycles. The summed E-state index contributed by atoms with van der Waals surface area (Å²) in [4.78, 5) is 30.0. The van der Waals surface area contributed by atoms with Crippen molar-refractivity contribution in [3.63, 3.8) is 0 Å².